The van der Waals surface area contributed by atoms with Crippen molar-refractivity contribution in [3.8, 4) is 0 Å². The summed E-state index contributed by atoms with van der Waals surface area (Å²) in [6.07, 6.45) is 0.576. The van der Waals surface area contributed by atoms with Crippen molar-refractivity contribution in [3.05, 3.63) is 71.3 Å². The van der Waals surface area contributed by atoms with Crippen molar-refractivity contribution in [2.24, 2.45) is 0 Å². The van der Waals surface area contributed by atoms with Crippen LogP contribution in [0, 0.1) is 0 Å². The third-order valence-electron chi connectivity index (χ3n) is 5.97. The number of likely N-dealkylation sites (N-methyl/N-ethyl adjacent to an activating group) is 1. The van der Waals surface area contributed by atoms with Crippen LogP contribution in [0.15, 0.2) is 60.2 Å². The summed E-state index contributed by atoms with van der Waals surface area (Å²) < 4.78 is 0. The summed E-state index contributed by atoms with van der Waals surface area (Å²) in [4.78, 5) is 45.0. The summed E-state index contributed by atoms with van der Waals surface area (Å²) in [7, 11) is 5.46. The quantitative estimate of drug-likeness (QED) is 0.457. The maximum absolute atomic E-state index is 13.8. The van der Waals surface area contributed by atoms with E-state index in [0.29, 0.717) is 29.8 Å². The maximum Gasteiger partial charge on any atom is 0.296 e. The number of rotatable bonds is 5. The van der Waals surface area contributed by atoms with Gasteiger partial charge in [-0.2, -0.15) is 0 Å². The molecule has 160 valence electrons. The second-order valence-corrected chi connectivity index (χ2v) is 8.12. The molecular formula is C24H25N3O4. The topological polar surface area (TPSA) is 81.2 Å². The minimum Gasteiger partial charge on any atom is -0.507 e. The van der Waals surface area contributed by atoms with Crippen LogP contribution in [-0.2, 0) is 19.9 Å². The molecule has 2 heterocycles. The zero-order chi connectivity index (χ0) is 22.3. The van der Waals surface area contributed by atoms with E-state index in [1.54, 1.807) is 61.6 Å². The molecule has 1 saturated heterocycles. The number of hydrogen-bond donors (Lipinski definition) is 1. The Bertz CT molecular complexity index is 1090. The van der Waals surface area contributed by atoms with E-state index < -0.39 is 23.1 Å². The van der Waals surface area contributed by atoms with Gasteiger partial charge in [0.25, 0.3) is 17.6 Å². The van der Waals surface area contributed by atoms with Crippen LogP contribution in [0.3, 0.4) is 0 Å². The van der Waals surface area contributed by atoms with Gasteiger partial charge in [0, 0.05) is 30.4 Å². The first-order chi connectivity index (χ1) is 14.8. The van der Waals surface area contributed by atoms with Gasteiger partial charge in [-0.3, -0.25) is 14.4 Å². The second-order valence-electron chi connectivity index (χ2n) is 8.12. The number of nitrogens with zero attached hydrogens (tertiary/aromatic N) is 3. The monoisotopic (exact) mass is 419 g/mol. The zero-order valence-corrected chi connectivity index (χ0v) is 17.8. The number of likely N-dealkylation sites (tertiary alicyclic amines) is 1. The second kappa shape index (κ2) is 7.67. The molecule has 2 aromatic carbocycles. The number of ketones is 1. The van der Waals surface area contributed by atoms with Crippen LogP contribution in [0.25, 0.3) is 5.76 Å². The Kier molecular flexibility index (Phi) is 5.15. The van der Waals surface area contributed by atoms with Crippen LogP contribution < -0.4 is 4.90 Å². The van der Waals surface area contributed by atoms with Gasteiger partial charge in [-0.25, -0.2) is 0 Å². The SMILES string of the molecule is CN(C)CCCN1C(=O)C(=O)C(=C(O)c2ccccc2)[C@@]12C(=O)N(C)c1ccccc12. The van der Waals surface area contributed by atoms with E-state index in [1.165, 1.54) is 9.80 Å². The summed E-state index contributed by atoms with van der Waals surface area (Å²) in [6.45, 7) is 0.895. The number of anilines is 1. The van der Waals surface area contributed by atoms with Gasteiger partial charge in [0.05, 0.1) is 5.57 Å². The van der Waals surface area contributed by atoms with E-state index in [9.17, 15) is 19.5 Å². The molecule has 31 heavy (non-hydrogen) atoms. The Morgan fingerprint density at radius 2 is 1.65 bits per heavy atom. The highest BCUT2D eigenvalue weighted by molar-refractivity contribution is 6.50. The number of benzene rings is 2. The molecular weight excluding hydrogens is 394 g/mol. The number of carbonyl (C=O) groups is 3. The fraction of sp³-hybridized carbons (Fsp3) is 0.292. The zero-order valence-electron chi connectivity index (χ0n) is 17.8. The average molecular weight is 419 g/mol. The lowest BCUT2D eigenvalue weighted by Crippen LogP contribution is -2.51. The lowest BCUT2D eigenvalue weighted by Gasteiger charge is -2.34. The molecule has 2 aromatic rings. The number of carbonyl (C=O) groups excluding carboxylic acids is 3. The van der Waals surface area contributed by atoms with Gasteiger partial charge >= 0.3 is 0 Å². The molecule has 0 radical (unpaired) electrons. The molecule has 2 amide bonds. The Balaban J connectivity index is 1.99. The van der Waals surface area contributed by atoms with Crippen LogP contribution in [0.4, 0.5) is 5.69 Å². The number of Topliss-reactive ketones (excluding diaryl/α,β-unsaturated/α-hetero) is 1. The molecule has 7 nitrogen and oxygen atoms in total. The van der Waals surface area contributed by atoms with Gasteiger partial charge in [0.2, 0.25) is 0 Å². The molecule has 7 heteroatoms. The molecule has 4 rings (SSSR count). The number of amides is 2. The molecule has 1 fully saturated rings. The van der Waals surface area contributed by atoms with Gasteiger partial charge in [-0.05, 0) is 33.1 Å². The van der Waals surface area contributed by atoms with E-state index >= 15 is 0 Å². The fourth-order valence-electron chi connectivity index (χ4n) is 4.56. The molecule has 1 spiro atoms. The van der Waals surface area contributed by atoms with Crippen molar-refractivity contribution in [1.82, 2.24) is 9.80 Å². The summed E-state index contributed by atoms with van der Waals surface area (Å²) in [5.74, 6) is -2.37. The standard InChI is InChI=1S/C24H25N3O4/c1-25(2)14-9-15-27-22(30)21(29)19(20(28)16-10-5-4-6-11-16)24(27)17-12-7-8-13-18(17)26(3)23(24)31/h4-8,10-13,28H,9,14-15H2,1-3H3/t24-/m0/s1. The van der Waals surface area contributed by atoms with Gasteiger partial charge < -0.3 is 19.8 Å². The Labute approximate surface area is 181 Å². The third-order valence-corrected chi connectivity index (χ3v) is 5.97. The molecule has 0 bridgehead atoms. The molecule has 0 aromatic heterocycles. The summed E-state index contributed by atoms with van der Waals surface area (Å²) in [5.41, 5.74) is -0.315. The predicted molar refractivity (Wildman–Crippen MR) is 117 cm³/mol. The maximum atomic E-state index is 13.8. The number of fused-ring (bicyclic) bond motifs is 2. The lowest BCUT2D eigenvalue weighted by atomic mass is 9.82. The highest BCUT2D eigenvalue weighted by Crippen LogP contribution is 2.53. The van der Waals surface area contributed by atoms with Crippen LogP contribution in [-0.4, -0.2) is 66.7 Å². The van der Waals surface area contributed by atoms with Crippen molar-refractivity contribution in [1.29, 1.82) is 0 Å². The van der Waals surface area contributed by atoms with Crippen molar-refractivity contribution in [3.63, 3.8) is 0 Å². The summed E-state index contributed by atoms with van der Waals surface area (Å²) in [5, 5.41) is 11.2. The minimum absolute atomic E-state index is 0.171. The van der Waals surface area contributed by atoms with Crippen LogP contribution in [0.2, 0.25) is 0 Å². The molecule has 0 aliphatic carbocycles. The van der Waals surface area contributed by atoms with E-state index in [2.05, 4.69) is 0 Å². The number of hydrogen-bond acceptors (Lipinski definition) is 5. The van der Waals surface area contributed by atoms with Crippen LogP contribution >= 0.6 is 0 Å². The van der Waals surface area contributed by atoms with E-state index in [4.69, 9.17) is 0 Å². The fourth-order valence-corrected chi connectivity index (χ4v) is 4.56. The Hall–Kier alpha value is -3.45. The molecule has 1 atom stereocenters. The average Bonchev–Trinajstić information content (AvgIpc) is 3.13. The number of para-hydroxylation sites is 1. The first-order valence-corrected chi connectivity index (χ1v) is 10.2. The molecule has 1 N–H and O–H groups in total. The van der Waals surface area contributed by atoms with Crippen molar-refractivity contribution in [2.75, 3.05) is 39.1 Å². The van der Waals surface area contributed by atoms with E-state index in [-0.39, 0.29) is 17.9 Å². The first-order valence-electron chi connectivity index (χ1n) is 10.2. The molecule has 0 saturated carbocycles. The smallest absolute Gasteiger partial charge is 0.296 e. The Morgan fingerprint density at radius 3 is 2.32 bits per heavy atom. The number of aliphatic hydroxyl groups excluding tert-OH is 1. The molecule has 2 aliphatic heterocycles. The molecule has 2 aliphatic rings. The summed E-state index contributed by atoms with van der Waals surface area (Å²) in [6, 6.07) is 15.7. The largest absolute Gasteiger partial charge is 0.507 e. The van der Waals surface area contributed by atoms with Crippen LogP contribution in [0.1, 0.15) is 17.5 Å². The third kappa shape index (κ3) is 2.96. The highest BCUT2D eigenvalue weighted by atomic mass is 16.3. The van der Waals surface area contributed by atoms with E-state index in [0.717, 1.165) is 0 Å². The lowest BCUT2D eigenvalue weighted by molar-refractivity contribution is -0.143. The van der Waals surface area contributed by atoms with E-state index in [1.807, 2.05) is 19.0 Å². The van der Waals surface area contributed by atoms with Gasteiger partial charge in [-0.15, -0.1) is 0 Å². The Morgan fingerprint density at radius 1 is 1.00 bits per heavy atom. The van der Waals surface area contributed by atoms with Crippen molar-refractivity contribution >= 4 is 29.0 Å². The van der Waals surface area contributed by atoms with Crippen LogP contribution in [0.5, 0.6) is 0 Å². The highest BCUT2D eigenvalue weighted by Gasteiger charge is 2.66. The van der Waals surface area contributed by atoms with Gasteiger partial charge in [0.1, 0.15) is 5.76 Å². The normalized spacial score (nSPS) is 22.1. The van der Waals surface area contributed by atoms with Gasteiger partial charge in [0.15, 0.2) is 5.54 Å². The van der Waals surface area contributed by atoms with Crippen molar-refractivity contribution in [2.45, 2.75) is 12.0 Å². The minimum atomic E-state index is -1.67. The van der Waals surface area contributed by atoms with Crippen molar-refractivity contribution < 1.29 is 19.5 Å². The first kappa shape index (κ1) is 20.8. The number of aliphatic hydroxyl groups is 1. The summed E-state index contributed by atoms with van der Waals surface area (Å²) >= 11 is 0. The van der Waals surface area contributed by atoms with Gasteiger partial charge in [-0.1, -0.05) is 48.5 Å². The molecule has 0 unspecified atom stereocenters. The predicted octanol–water partition coefficient (Wildman–Crippen LogP) is 2.19.